The minimum Gasteiger partial charge on any atom is -0.478 e. The quantitative estimate of drug-likeness (QED) is 0.833. The number of aromatic carboxylic acids is 1. The van der Waals surface area contributed by atoms with Gasteiger partial charge in [0.2, 0.25) is 0 Å². The summed E-state index contributed by atoms with van der Waals surface area (Å²) in [5.41, 5.74) is 0.00305. The van der Waals surface area contributed by atoms with Crippen LogP contribution in [-0.2, 0) is 4.79 Å². The van der Waals surface area contributed by atoms with Crippen LogP contribution in [0.2, 0.25) is 0 Å². The van der Waals surface area contributed by atoms with E-state index in [4.69, 9.17) is 5.11 Å². The predicted octanol–water partition coefficient (Wildman–Crippen LogP) is 3.21. The highest BCUT2D eigenvalue weighted by molar-refractivity contribution is 8.13. The maximum atomic E-state index is 13.3. The summed E-state index contributed by atoms with van der Waals surface area (Å²) in [6.45, 7) is 1.49. The smallest absolute Gasteiger partial charge is 0.339 e. The summed E-state index contributed by atoms with van der Waals surface area (Å²) in [6.07, 6.45) is 3.92. The molecule has 0 radical (unpaired) electrons. The first-order valence-electron chi connectivity index (χ1n) is 5.34. The Kier molecular flexibility index (Phi) is 5.58. The van der Waals surface area contributed by atoms with Gasteiger partial charge in [0.15, 0.2) is 5.12 Å². The highest BCUT2D eigenvalue weighted by atomic mass is 32.2. The lowest BCUT2D eigenvalue weighted by Gasteiger charge is -2.02. The van der Waals surface area contributed by atoms with E-state index < -0.39 is 11.8 Å². The molecular weight excluding hydrogens is 255 g/mol. The van der Waals surface area contributed by atoms with Crippen LogP contribution in [0.15, 0.2) is 24.3 Å². The summed E-state index contributed by atoms with van der Waals surface area (Å²) < 4.78 is 13.3. The lowest BCUT2D eigenvalue weighted by molar-refractivity contribution is -0.109. The second kappa shape index (κ2) is 6.96. The molecular formula is C13H13FO3S. The normalized spacial score (nSPS) is 10.8. The second-order valence-corrected chi connectivity index (χ2v) is 4.81. The van der Waals surface area contributed by atoms with Crippen LogP contribution < -0.4 is 0 Å². The van der Waals surface area contributed by atoms with Crippen molar-refractivity contribution in [3.8, 4) is 0 Å². The first-order chi connectivity index (χ1) is 8.52. The van der Waals surface area contributed by atoms with Gasteiger partial charge in [-0.15, -0.1) is 0 Å². The van der Waals surface area contributed by atoms with Crippen molar-refractivity contribution in [2.75, 3.05) is 5.75 Å². The van der Waals surface area contributed by atoms with Gasteiger partial charge in [-0.05, 0) is 18.1 Å². The number of carbonyl (C=O) groups is 2. The van der Waals surface area contributed by atoms with E-state index in [0.29, 0.717) is 17.7 Å². The van der Waals surface area contributed by atoms with Gasteiger partial charge in [0.1, 0.15) is 11.4 Å². The van der Waals surface area contributed by atoms with E-state index in [1.165, 1.54) is 24.8 Å². The zero-order valence-electron chi connectivity index (χ0n) is 9.85. The number of thioether (sulfide) groups is 1. The Morgan fingerprint density at radius 2 is 2.17 bits per heavy atom. The lowest BCUT2D eigenvalue weighted by atomic mass is 10.1. The van der Waals surface area contributed by atoms with Crippen molar-refractivity contribution >= 4 is 28.9 Å². The number of halogens is 1. The fraction of sp³-hybridized carbons (Fsp3) is 0.231. The zero-order valence-corrected chi connectivity index (χ0v) is 10.7. The number of hydrogen-bond donors (Lipinski definition) is 1. The fourth-order valence-corrected chi connectivity index (χ4v) is 1.93. The summed E-state index contributed by atoms with van der Waals surface area (Å²) in [5, 5.41) is 8.94. The molecule has 1 N–H and O–H groups in total. The molecule has 0 bridgehead atoms. The molecule has 1 aromatic rings. The second-order valence-electron chi connectivity index (χ2n) is 3.54. The first-order valence-corrected chi connectivity index (χ1v) is 6.32. The van der Waals surface area contributed by atoms with Gasteiger partial charge in [-0.1, -0.05) is 36.0 Å². The molecule has 5 heteroatoms. The monoisotopic (exact) mass is 268 g/mol. The number of benzene rings is 1. The Bertz CT molecular complexity index is 483. The number of carbonyl (C=O) groups excluding carboxylic acids is 1. The molecule has 0 saturated heterocycles. The third-order valence-corrected chi connectivity index (χ3v) is 2.99. The van der Waals surface area contributed by atoms with Crippen LogP contribution in [0.5, 0.6) is 0 Å². The maximum absolute atomic E-state index is 13.3. The molecule has 0 aromatic heterocycles. The van der Waals surface area contributed by atoms with Crippen LogP contribution in [0.3, 0.4) is 0 Å². The molecule has 0 amide bonds. The van der Waals surface area contributed by atoms with E-state index in [2.05, 4.69) is 0 Å². The standard InChI is InChI=1S/C13H13FO3S/c1-9(15)18-8-3-2-5-10-6-4-7-11(14)12(10)13(16)17/h2,4-7H,3,8H2,1H3,(H,16,17). The maximum Gasteiger partial charge on any atom is 0.339 e. The van der Waals surface area contributed by atoms with Crippen molar-refractivity contribution in [1.29, 1.82) is 0 Å². The van der Waals surface area contributed by atoms with E-state index >= 15 is 0 Å². The fourth-order valence-electron chi connectivity index (χ4n) is 1.39. The largest absolute Gasteiger partial charge is 0.478 e. The molecule has 1 aromatic carbocycles. The van der Waals surface area contributed by atoms with Crippen LogP contribution in [-0.4, -0.2) is 21.9 Å². The predicted molar refractivity (Wildman–Crippen MR) is 70.1 cm³/mol. The lowest BCUT2D eigenvalue weighted by Crippen LogP contribution is -2.03. The van der Waals surface area contributed by atoms with Crippen molar-refractivity contribution in [3.63, 3.8) is 0 Å². The van der Waals surface area contributed by atoms with Crippen molar-refractivity contribution in [2.45, 2.75) is 13.3 Å². The summed E-state index contributed by atoms with van der Waals surface area (Å²) in [7, 11) is 0. The molecule has 0 aliphatic carbocycles. The van der Waals surface area contributed by atoms with Gasteiger partial charge >= 0.3 is 5.97 Å². The van der Waals surface area contributed by atoms with Gasteiger partial charge in [0.25, 0.3) is 0 Å². The molecule has 0 spiro atoms. The molecule has 0 saturated carbocycles. The van der Waals surface area contributed by atoms with Gasteiger partial charge in [0, 0.05) is 12.7 Å². The Balaban J connectivity index is 2.72. The molecule has 0 atom stereocenters. The number of hydrogen-bond acceptors (Lipinski definition) is 3. The van der Waals surface area contributed by atoms with E-state index in [9.17, 15) is 14.0 Å². The van der Waals surface area contributed by atoms with Gasteiger partial charge in [-0.2, -0.15) is 0 Å². The molecule has 0 aliphatic heterocycles. The van der Waals surface area contributed by atoms with Crippen LogP contribution in [0.25, 0.3) is 6.08 Å². The molecule has 0 heterocycles. The van der Waals surface area contributed by atoms with Crippen molar-refractivity contribution in [2.24, 2.45) is 0 Å². The van der Waals surface area contributed by atoms with E-state index in [1.54, 1.807) is 18.2 Å². The Labute approximate surface area is 109 Å². The first kappa shape index (κ1) is 14.4. The average molecular weight is 268 g/mol. The number of rotatable bonds is 5. The highest BCUT2D eigenvalue weighted by Crippen LogP contribution is 2.16. The average Bonchev–Trinajstić information content (AvgIpc) is 2.27. The Morgan fingerprint density at radius 3 is 2.78 bits per heavy atom. The van der Waals surface area contributed by atoms with Crippen molar-refractivity contribution in [3.05, 3.63) is 41.2 Å². The van der Waals surface area contributed by atoms with Crippen LogP contribution >= 0.6 is 11.8 Å². The van der Waals surface area contributed by atoms with Crippen molar-refractivity contribution < 1.29 is 19.1 Å². The van der Waals surface area contributed by atoms with Crippen LogP contribution in [0.4, 0.5) is 4.39 Å². The molecule has 0 fully saturated rings. The molecule has 0 aliphatic rings. The molecule has 1 rings (SSSR count). The number of carboxylic acid groups (broad SMARTS) is 1. The zero-order chi connectivity index (χ0) is 13.5. The van der Waals surface area contributed by atoms with E-state index in [-0.39, 0.29) is 10.7 Å². The van der Waals surface area contributed by atoms with Crippen molar-refractivity contribution in [1.82, 2.24) is 0 Å². The number of carboxylic acids is 1. The summed E-state index contributed by atoms with van der Waals surface area (Å²) in [5.74, 6) is -1.41. The SMILES string of the molecule is CC(=O)SCCC=Cc1cccc(F)c1C(=O)O. The third-order valence-electron chi connectivity index (χ3n) is 2.15. The minimum absolute atomic E-state index is 0.0420. The van der Waals surface area contributed by atoms with E-state index in [0.717, 1.165) is 6.07 Å². The Hall–Kier alpha value is -1.62. The minimum atomic E-state index is -1.29. The third kappa shape index (κ3) is 4.33. The van der Waals surface area contributed by atoms with Crippen LogP contribution in [0, 0.1) is 5.82 Å². The summed E-state index contributed by atoms with van der Waals surface area (Å²) in [4.78, 5) is 21.6. The van der Waals surface area contributed by atoms with Crippen LogP contribution in [0.1, 0.15) is 29.3 Å². The molecule has 0 unspecified atom stereocenters. The van der Waals surface area contributed by atoms with Gasteiger partial charge < -0.3 is 5.11 Å². The topological polar surface area (TPSA) is 54.4 Å². The van der Waals surface area contributed by atoms with Gasteiger partial charge in [-0.25, -0.2) is 9.18 Å². The number of allylic oxidation sites excluding steroid dienone is 1. The molecule has 18 heavy (non-hydrogen) atoms. The van der Waals surface area contributed by atoms with E-state index in [1.807, 2.05) is 0 Å². The highest BCUT2D eigenvalue weighted by Gasteiger charge is 2.13. The van der Waals surface area contributed by atoms with Gasteiger partial charge in [-0.3, -0.25) is 4.79 Å². The summed E-state index contributed by atoms with van der Waals surface area (Å²) in [6, 6.07) is 4.12. The summed E-state index contributed by atoms with van der Waals surface area (Å²) >= 11 is 1.20. The molecule has 3 nitrogen and oxygen atoms in total. The van der Waals surface area contributed by atoms with Gasteiger partial charge in [0.05, 0.1) is 0 Å². The molecule has 96 valence electrons. The Morgan fingerprint density at radius 1 is 1.44 bits per heavy atom.